The molecular weight excluding hydrogens is 495 g/mol. The maximum Gasteiger partial charge on any atom is 4.00 e. The van der Waals surface area contributed by atoms with Crippen LogP contribution in [0.4, 0.5) is 0 Å². The Balaban J connectivity index is 0.00000225. The first-order valence-corrected chi connectivity index (χ1v) is 12.8. The first-order valence-electron chi connectivity index (χ1n) is 10.2. The molecule has 4 rings (SSSR count). The zero-order valence-electron chi connectivity index (χ0n) is 18.9. The van der Waals surface area contributed by atoms with Gasteiger partial charge >= 0.3 is 21.7 Å². The molecule has 2 aliphatic rings. The molecule has 1 fully saturated rings. The van der Waals surface area contributed by atoms with E-state index in [1.807, 2.05) is 0 Å². The molecule has 0 heterocycles. The van der Waals surface area contributed by atoms with Crippen molar-refractivity contribution in [3.63, 3.8) is 0 Å². The zero-order chi connectivity index (χ0) is 19.2. The van der Waals surface area contributed by atoms with E-state index in [4.69, 9.17) is 0 Å². The minimum absolute atomic E-state index is 0. The third kappa shape index (κ3) is 6.19. The Hall–Kier alpha value is -0.279. The molecule has 2 aliphatic carbocycles. The van der Waals surface area contributed by atoms with Crippen LogP contribution in [0.2, 0.25) is 12.1 Å². The Bertz CT molecular complexity index is 826. The molecule has 0 spiro atoms. The molecule has 5 heteroatoms. The Kier molecular flexibility index (Phi) is 12.1. The fourth-order valence-corrected chi connectivity index (χ4v) is 9.98. The quantitative estimate of drug-likeness (QED) is 0.288. The fraction of sp³-hybridized carbons (Fsp3) is 0.346. The van der Waals surface area contributed by atoms with Gasteiger partial charge in [-0.15, -0.1) is 12.0 Å². The summed E-state index contributed by atoms with van der Waals surface area (Å²) in [5.74, 6) is 1.30. The van der Waals surface area contributed by atoms with Gasteiger partial charge < -0.3 is 43.6 Å². The predicted molar refractivity (Wildman–Crippen MR) is 121 cm³/mol. The third-order valence-electron chi connectivity index (χ3n) is 6.66. The topological polar surface area (TPSA) is 0 Å². The van der Waals surface area contributed by atoms with Crippen LogP contribution >= 0.6 is 0 Å². The number of halogens is 3. The molecule has 0 radical (unpaired) electrons. The van der Waals surface area contributed by atoms with E-state index in [9.17, 15) is 0 Å². The minimum atomic E-state index is -1.91. The average molecular weight is 526 g/mol. The van der Waals surface area contributed by atoms with Crippen LogP contribution < -0.4 is 47.6 Å². The van der Waals surface area contributed by atoms with Gasteiger partial charge in [-0.25, -0.2) is 0 Å². The number of benzene rings is 2. The fourth-order valence-electron chi connectivity index (χ4n) is 5.32. The molecule has 2 aromatic rings. The van der Waals surface area contributed by atoms with E-state index in [0.717, 1.165) is 0 Å². The first kappa shape index (κ1) is 30.7. The molecule has 0 nitrogen and oxygen atoms in total. The van der Waals surface area contributed by atoms with Gasteiger partial charge in [0, 0.05) is 0 Å². The van der Waals surface area contributed by atoms with Gasteiger partial charge in [0.15, 0.2) is 0 Å². The predicted octanol–water partition coefficient (Wildman–Crippen LogP) is -3.54. The van der Waals surface area contributed by atoms with Gasteiger partial charge in [-0.1, -0.05) is 100 Å². The second kappa shape index (κ2) is 12.3. The summed E-state index contributed by atoms with van der Waals surface area (Å²) in [6.45, 7) is 11.6. The van der Waals surface area contributed by atoms with Gasteiger partial charge in [-0.05, 0) is 33.6 Å². The van der Waals surface area contributed by atoms with Crippen molar-refractivity contribution < 1.29 is 58.9 Å². The summed E-state index contributed by atoms with van der Waals surface area (Å²) in [5, 5.41) is 3.19. The largest absolute Gasteiger partial charge is 4.00 e. The molecule has 3 unspecified atom stereocenters. The maximum atomic E-state index is 2.69. The second-order valence-electron chi connectivity index (χ2n) is 9.00. The Morgan fingerprint density at radius 2 is 1.13 bits per heavy atom. The molecule has 0 saturated heterocycles. The summed E-state index contributed by atoms with van der Waals surface area (Å²) in [7, 11) is -1.91. The number of allylic oxidation sites excluding steroid dienone is 4. The van der Waals surface area contributed by atoms with Crippen LogP contribution in [0.1, 0.15) is 28.7 Å². The van der Waals surface area contributed by atoms with Crippen LogP contribution in [0.3, 0.4) is 0 Å². The normalized spacial score (nSPS) is 21.1. The van der Waals surface area contributed by atoms with Gasteiger partial charge in [-0.3, -0.25) is 0 Å². The minimum Gasteiger partial charge on any atom is -1.00 e. The number of hydrogen-bond donors (Lipinski definition) is 0. The smallest absolute Gasteiger partial charge is 1.00 e. The maximum absolute atomic E-state index is 2.69. The van der Waals surface area contributed by atoms with Crippen molar-refractivity contribution in [1.29, 1.82) is 0 Å². The molecule has 0 bridgehead atoms. The summed E-state index contributed by atoms with van der Waals surface area (Å²) in [4.78, 5) is 0. The zero-order valence-corrected chi connectivity index (χ0v) is 23.8. The molecule has 0 aromatic heterocycles. The molecule has 0 N–H and O–H groups in total. The van der Waals surface area contributed by atoms with Gasteiger partial charge in [-0.2, -0.15) is 5.54 Å². The standard InChI is InChI=1S/C26H31Si.3ClH.Ti/c1-18-10-19(2)13-24(12-18)27(5,25-14-20(3)11-21(4)15-25)26-16-22-8-6-7-9-23(22)17-26;;;;/h6-16,22-23,26H,17H2,1-5H3;3*1H;/q-1;;;;+4/p-3. The first-order chi connectivity index (χ1) is 12.9. The van der Waals surface area contributed by atoms with Crippen molar-refractivity contribution >= 4 is 18.4 Å². The van der Waals surface area contributed by atoms with Crippen LogP contribution in [-0.2, 0) is 21.7 Å². The van der Waals surface area contributed by atoms with Crippen LogP contribution in [0, 0.1) is 46.0 Å². The summed E-state index contributed by atoms with van der Waals surface area (Å²) in [6.07, 6.45) is 13.3. The van der Waals surface area contributed by atoms with Crippen LogP contribution in [0.25, 0.3) is 0 Å². The number of aryl methyl sites for hydroxylation is 4. The van der Waals surface area contributed by atoms with Crippen molar-refractivity contribution in [1.82, 2.24) is 0 Å². The Labute approximate surface area is 223 Å². The van der Waals surface area contributed by atoms with Crippen LogP contribution in [0.5, 0.6) is 0 Å². The van der Waals surface area contributed by atoms with Crippen molar-refractivity contribution in [2.75, 3.05) is 0 Å². The van der Waals surface area contributed by atoms with E-state index in [0.29, 0.717) is 17.4 Å². The molecule has 0 amide bonds. The van der Waals surface area contributed by atoms with E-state index in [2.05, 4.69) is 101 Å². The van der Waals surface area contributed by atoms with E-state index >= 15 is 0 Å². The van der Waals surface area contributed by atoms with E-state index in [1.54, 1.807) is 10.4 Å². The van der Waals surface area contributed by atoms with Gasteiger partial charge in [0.2, 0.25) is 0 Å². The van der Waals surface area contributed by atoms with Gasteiger partial charge in [0.1, 0.15) is 0 Å². The summed E-state index contributed by atoms with van der Waals surface area (Å²) in [6, 6.07) is 14.5. The Morgan fingerprint density at radius 1 is 0.710 bits per heavy atom. The third-order valence-corrected chi connectivity index (χ3v) is 11.5. The van der Waals surface area contributed by atoms with E-state index < -0.39 is 8.07 Å². The molecule has 3 atom stereocenters. The van der Waals surface area contributed by atoms with Crippen molar-refractivity contribution in [3.8, 4) is 0 Å². The van der Waals surface area contributed by atoms with Crippen LogP contribution in [0.15, 0.2) is 60.7 Å². The summed E-state index contributed by atoms with van der Waals surface area (Å²) in [5.41, 5.74) is 6.24. The second-order valence-corrected chi connectivity index (χ2v) is 13.3. The molecule has 2 aromatic carbocycles. The summed E-state index contributed by atoms with van der Waals surface area (Å²) < 4.78 is 0. The molecule has 164 valence electrons. The molecule has 0 aliphatic heterocycles. The van der Waals surface area contributed by atoms with Crippen molar-refractivity contribution in [3.05, 3.63) is 89.4 Å². The average Bonchev–Trinajstić information content (AvgIpc) is 3.04. The van der Waals surface area contributed by atoms with Gasteiger partial charge in [0.05, 0.1) is 8.07 Å². The van der Waals surface area contributed by atoms with Crippen molar-refractivity contribution in [2.24, 2.45) is 11.8 Å². The van der Waals surface area contributed by atoms with Crippen molar-refractivity contribution in [2.45, 2.75) is 46.2 Å². The van der Waals surface area contributed by atoms with Gasteiger partial charge in [0.25, 0.3) is 0 Å². The molecule has 31 heavy (non-hydrogen) atoms. The van der Waals surface area contributed by atoms with E-state index in [1.165, 1.54) is 28.7 Å². The number of hydrogen-bond acceptors (Lipinski definition) is 0. The number of rotatable bonds is 3. The SMILES string of the molecule is Cc1cc(C)cc([Si](C)(c2cc(C)cc(C)c2)C2[CH-]C3C=CC=CC3C2)c1.[Cl-].[Cl-].[Cl-].[Ti+4]. The monoisotopic (exact) mass is 524 g/mol. The Morgan fingerprint density at radius 3 is 1.55 bits per heavy atom. The molecule has 1 saturated carbocycles. The summed E-state index contributed by atoms with van der Waals surface area (Å²) >= 11 is 0. The van der Waals surface area contributed by atoms with Crippen LogP contribution in [-0.4, -0.2) is 8.07 Å². The van der Waals surface area contributed by atoms with E-state index in [-0.39, 0.29) is 58.9 Å². The molecular formula is C26H31Cl3SiTi. The number of fused-ring (bicyclic) bond motifs is 1.